The molecule has 8 heteroatoms. The molecule has 2 aliphatic heterocycles. The van der Waals surface area contributed by atoms with E-state index in [2.05, 4.69) is 11.4 Å². The van der Waals surface area contributed by atoms with Crippen molar-refractivity contribution in [2.45, 2.75) is 37.4 Å². The second kappa shape index (κ2) is 8.69. The zero-order chi connectivity index (χ0) is 22.9. The molecule has 166 valence electrons. The number of rotatable bonds is 4. The summed E-state index contributed by atoms with van der Waals surface area (Å²) in [5.41, 5.74) is 8.66. The van der Waals surface area contributed by atoms with Gasteiger partial charge in [0.15, 0.2) is 0 Å². The topological polar surface area (TPSA) is 108 Å². The van der Waals surface area contributed by atoms with Crippen molar-refractivity contribution in [2.24, 2.45) is 5.73 Å². The normalized spacial score (nSPS) is 18.1. The van der Waals surface area contributed by atoms with Crippen LogP contribution >= 0.6 is 0 Å². The Kier molecular flexibility index (Phi) is 5.96. The third kappa shape index (κ3) is 4.22. The van der Waals surface area contributed by atoms with Gasteiger partial charge in [-0.2, -0.15) is 5.26 Å². The van der Waals surface area contributed by atoms with Crippen LogP contribution in [0.2, 0.25) is 0 Å². The van der Waals surface area contributed by atoms with Crippen LogP contribution in [-0.2, 0) is 22.5 Å². The van der Waals surface area contributed by atoms with Gasteiger partial charge in [0, 0.05) is 38.8 Å². The molecule has 1 saturated heterocycles. The van der Waals surface area contributed by atoms with Gasteiger partial charge in [0.25, 0.3) is 5.91 Å². The van der Waals surface area contributed by atoms with E-state index in [1.54, 1.807) is 24.1 Å². The van der Waals surface area contributed by atoms with Crippen LogP contribution in [0.25, 0.3) is 11.1 Å². The minimum absolute atomic E-state index is 0.181. The number of nitrogens with two attached hydrogens (primary N) is 1. The molecule has 2 heterocycles. The van der Waals surface area contributed by atoms with E-state index in [9.17, 15) is 19.2 Å². The summed E-state index contributed by atoms with van der Waals surface area (Å²) in [6.07, 6.45) is 1.03. The molecule has 4 rings (SSSR count). The van der Waals surface area contributed by atoms with Crippen molar-refractivity contribution in [2.75, 3.05) is 20.3 Å². The predicted octanol–water partition coefficient (Wildman–Crippen LogP) is 2.14. The average molecular weight is 436 g/mol. The standard InChI is InChI=1S/C24H25FN4O3/c1-29-14-16-12-17(25)3-5-19(16)20-4-2-15(11-21(20)22(29)30)10-18(13-26)28-23(31)24(27)6-8-32-9-7-24/h2-5,11-12,18H,6-10,14,27H2,1H3,(H,28,31). The zero-order valence-corrected chi connectivity index (χ0v) is 17.9. The maximum Gasteiger partial charge on any atom is 0.254 e. The summed E-state index contributed by atoms with van der Waals surface area (Å²) in [7, 11) is 1.67. The molecule has 0 aliphatic carbocycles. The summed E-state index contributed by atoms with van der Waals surface area (Å²) >= 11 is 0. The number of hydrogen-bond acceptors (Lipinski definition) is 5. The molecule has 32 heavy (non-hydrogen) atoms. The molecule has 7 nitrogen and oxygen atoms in total. The maximum atomic E-state index is 13.8. The highest BCUT2D eigenvalue weighted by Gasteiger charge is 2.37. The SMILES string of the molecule is CN1Cc2cc(F)ccc2-c2ccc(CC(C#N)NC(=O)C3(N)CCOCC3)cc2C1=O. The number of fused-ring (bicyclic) bond motifs is 3. The minimum Gasteiger partial charge on any atom is -0.381 e. The molecule has 1 atom stereocenters. The smallest absolute Gasteiger partial charge is 0.254 e. The van der Waals surface area contributed by atoms with Crippen LogP contribution in [0.5, 0.6) is 0 Å². The van der Waals surface area contributed by atoms with E-state index in [-0.39, 0.29) is 24.1 Å². The van der Waals surface area contributed by atoms with Gasteiger partial charge in [-0.25, -0.2) is 4.39 Å². The Labute approximate surface area is 186 Å². The van der Waals surface area contributed by atoms with E-state index in [1.165, 1.54) is 12.1 Å². The van der Waals surface area contributed by atoms with Crippen LogP contribution < -0.4 is 11.1 Å². The lowest BCUT2D eigenvalue weighted by Crippen LogP contribution is -2.58. The average Bonchev–Trinajstić information content (AvgIpc) is 2.88. The lowest BCUT2D eigenvalue weighted by Gasteiger charge is -2.32. The quantitative estimate of drug-likeness (QED) is 0.763. The van der Waals surface area contributed by atoms with E-state index in [0.717, 1.165) is 22.3 Å². The molecule has 1 unspecified atom stereocenters. The first-order valence-electron chi connectivity index (χ1n) is 10.5. The van der Waals surface area contributed by atoms with Gasteiger partial charge < -0.3 is 20.7 Å². The van der Waals surface area contributed by atoms with Crippen molar-refractivity contribution in [3.05, 3.63) is 58.9 Å². The van der Waals surface area contributed by atoms with E-state index >= 15 is 0 Å². The molecule has 2 aromatic carbocycles. The second-order valence-electron chi connectivity index (χ2n) is 8.47. The highest BCUT2D eigenvalue weighted by atomic mass is 19.1. The van der Waals surface area contributed by atoms with Crippen LogP contribution in [0.1, 0.15) is 34.3 Å². The van der Waals surface area contributed by atoms with Gasteiger partial charge >= 0.3 is 0 Å². The van der Waals surface area contributed by atoms with Crippen molar-refractivity contribution in [3.63, 3.8) is 0 Å². The number of ether oxygens (including phenoxy) is 1. The summed E-state index contributed by atoms with van der Waals surface area (Å²) in [5, 5.41) is 12.4. The number of halogens is 1. The summed E-state index contributed by atoms with van der Waals surface area (Å²) in [5.74, 6) is -0.896. The number of benzene rings is 2. The van der Waals surface area contributed by atoms with E-state index in [0.29, 0.717) is 38.2 Å². The summed E-state index contributed by atoms with van der Waals surface area (Å²) in [6, 6.07) is 11.2. The summed E-state index contributed by atoms with van der Waals surface area (Å²) < 4.78 is 19.0. The monoisotopic (exact) mass is 436 g/mol. The number of nitrogens with one attached hydrogen (secondary N) is 1. The Balaban J connectivity index is 1.59. The van der Waals surface area contributed by atoms with Gasteiger partial charge in [-0.3, -0.25) is 9.59 Å². The van der Waals surface area contributed by atoms with Crippen molar-refractivity contribution in [1.82, 2.24) is 10.2 Å². The third-order valence-electron chi connectivity index (χ3n) is 6.16. The molecule has 1 fully saturated rings. The number of amides is 2. The molecule has 0 spiro atoms. The van der Waals surface area contributed by atoms with Crippen molar-refractivity contribution < 1.29 is 18.7 Å². The molecule has 2 amide bonds. The van der Waals surface area contributed by atoms with Gasteiger partial charge in [-0.1, -0.05) is 18.2 Å². The Morgan fingerprint density at radius 3 is 2.69 bits per heavy atom. The lowest BCUT2D eigenvalue weighted by atomic mass is 9.89. The molecule has 2 aliphatic rings. The number of nitriles is 1. The van der Waals surface area contributed by atoms with E-state index in [1.807, 2.05) is 12.1 Å². The zero-order valence-electron chi connectivity index (χ0n) is 17.9. The fourth-order valence-corrected chi connectivity index (χ4v) is 4.25. The van der Waals surface area contributed by atoms with Crippen LogP contribution in [-0.4, -0.2) is 48.6 Å². The van der Waals surface area contributed by atoms with Crippen molar-refractivity contribution >= 4 is 11.8 Å². The first kappa shape index (κ1) is 21.9. The summed E-state index contributed by atoms with van der Waals surface area (Å²) in [4.78, 5) is 27.2. The molecule has 0 saturated carbocycles. The van der Waals surface area contributed by atoms with Gasteiger partial charge in [0.05, 0.1) is 11.6 Å². The van der Waals surface area contributed by atoms with E-state index < -0.39 is 11.6 Å². The predicted molar refractivity (Wildman–Crippen MR) is 116 cm³/mol. The Bertz CT molecular complexity index is 1100. The first-order valence-corrected chi connectivity index (χ1v) is 10.5. The first-order chi connectivity index (χ1) is 15.3. The van der Waals surface area contributed by atoms with Gasteiger partial charge in [0.1, 0.15) is 11.9 Å². The maximum absolute atomic E-state index is 13.8. The number of hydrogen-bond donors (Lipinski definition) is 2. The minimum atomic E-state index is -1.04. The molecule has 0 bridgehead atoms. The Morgan fingerprint density at radius 2 is 1.97 bits per heavy atom. The molecule has 3 N–H and O–H groups in total. The highest BCUT2D eigenvalue weighted by Crippen LogP contribution is 2.33. The molecular formula is C24H25FN4O3. The molecule has 2 aromatic rings. The molecule has 0 radical (unpaired) electrons. The Hall–Kier alpha value is -3.28. The third-order valence-corrected chi connectivity index (χ3v) is 6.16. The van der Waals surface area contributed by atoms with Crippen LogP contribution in [0, 0.1) is 17.1 Å². The Morgan fingerprint density at radius 1 is 1.25 bits per heavy atom. The van der Waals surface area contributed by atoms with Crippen LogP contribution in [0.3, 0.4) is 0 Å². The van der Waals surface area contributed by atoms with Crippen molar-refractivity contribution in [3.8, 4) is 17.2 Å². The number of carbonyl (C=O) groups excluding carboxylic acids is 2. The lowest BCUT2D eigenvalue weighted by molar-refractivity contribution is -0.130. The van der Waals surface area contributed by atoms with Gasteiger partial charge in [-0.05, 0) is 53.3 Å². The second-order valence-corrected chi connectivity index (χ2v) is 8.47. The van der Waals surface area contributed by atoms with Gasteiger partial charge in [-0.15, -0.1) is 0 Å². The van der Waals surface area contributed by atoms with Crippen LogP contribution in [0.15, 0.2) is 36.4 Å². The van der Waals surface area contributed by atoms with Crippen LogP contribution in [0.4, 0.5) is 4.39 Å². The molecule has 0 aromatic heterocycles. The fraction of sp³-hybridized carbons (Fsp3) is 0.375. The van der Waals surface area contributed by atoms with Crippen molar-refractivity contribution in [1.29, 1.82) is 5.26 Å². The van der Waals surface area contributed by atoms with E-state index in [4.69, 9.17) is 10.5 Å². The highest BCUT2D eigenvalue weighted by molar-refractivity contribution is 6.02. The number of nitrogens with zero attached hydrogens (tertiary/aromatic N) is 2. The molecular weight excluding hydrogens is 411 g/mol. The van der Waals surface area contributed by atoms with Gasteiger partial charge in [0.2, 0.25) is 5.91 Å². The number of carbonyl (C=O) groups is 2. The summed E-state index contributed by atoms with van der Waals surface area (Å²) in [6.45, 7) is 1.12. The fourth-order valence-electron chi connectivity index (χ4n) is 4.25. The largest absolute Gasteiger partial charge is 0.381 e.